The van der Waals surface area contributed by atoms with Gasteiger partial charge in [-0.05, 0) is 36.2 Å². The summed E-state index contributed by atoms with van der Waals surface area (Å²) in [6.45, 7) is 2.26. The minimum Gasteiger partial charge on any atom is -0.497 e. The molecule has 6 nitrogen and oxygen atoms in total. The largest absolute Gasteiger partial charge is 0.497 e. The van der Waals surface area contributed by atoms with Crippen LogP contribution in [0.2, 0.25) is 0 Å². The van der Waals surface area contributed by atoms with E-state index >= 15 is 0 Å². The monoisotopic (exact) mass is 337 g/mol. The topological polar surface area (TPSA) is 71.4 Å². The normalized spacial score (nSPS) is 14.3. The van der Waals surface area contributed by atoms with Crippen LogP contribution < -0.4 is 10.3 Å². The molecule has 1 aliphatic rings. The van der Waals surface area contributed by atoms with Crippen LogP contribution in [0, 0.1) is 0 Å². The Kier molecular flexibility index (Phi) is 4.11. The number of nitrogens with zero attached hydrogens (tertiary/aromatic N) is 2. The molecule has 3 aromatic rings. The summed E-state index contributed by atoms with van der Waals surface area (Å²) >= 11 is 0. The number of aromatic amines is 1. The van der Waals surface area contributed by atoms with Crippen molar-refractivity contribution in [2.45, 2.75) is 19.5 Å². The number of ether oxygens (including phenoxy) is 1. The van der Waals surface area contributed by atoms with Gasteiger partial charge >= 0.3 is 0 Å². The molecule has 0 bridgehead atoms. The highest BCUT2D eigenvalue weighted by molar-refractivity contribution is 5.47. The molecule has 0 saturated heterocycles. The van der Waals surface area contributed by atoms with E-state index in [4.69, 9.17) is 9.15 Å². The van der Waals surface area contributed by atoms with E-state index in [1.54, 1.807) is 25.5 Å². The summed E-state index contributed by atoms with van der Waals surface area (Å²) < 4.78 is 10.6. The molecule has 1 aliphatic heterocycles. The zero-order valence-corrected chi connectivity index (χ0v) is 14.0. The molecular weight excluding hydrogens is 318 g/mol. The lowest BCUT2D eigenvalue weighted by molar-refractivity contribution is 0.240. The lowest BCUT2D eigenvalue weighted by Crippen LogP contribution is -2.35. The predicted molar refractivity (Wildman–Crippen MR) is 93.4 cm³/mol. The zero-order valence-electron chi connectivity index (χ0n) is 14.0. The van der Waals surface area contributed by atoms with Gasteiger partial charge in [-0.15, -0.1) is 0 Å². The fraction of sp³-hybridized carbons (Fsp3) is 0.263. The standard InChI is InChI=1S/C19H19N3O3/c1-24-14-5-2-4-13(10-14)11-22-8-7-15-16(12-22)20-18(21-19(15)23)17-6-3-9-25-17/h2-6,9-10H,7-8,11-12H2,1H3,(H,20,21,23). The number of aromatic nitrogens is 2. The number of rotatable bonds is 4. The van der Waals surface area contributed by atoms with Gasteiger partial charge in [0, 0.05) is 25.2 Å². The molecule has 1 aromatic carbocycles. The van der Waals surface area contributed by atoms with E-state index in [-0.39, 0.29) is 5.56 Å². The van der Waals surface area contributed by atoms with E-state index in [0.29, 0.717) is 24.6 Å². The molecule has 0 aliphatic carbocycles. The number of nitrogens with one attached hydrogen (secondary N) is 1. The van der Waals surface area contributed by atoms with E-state index in [2.05, 4.69) is 20.9 Å². The van der Waals surface area contributed by atoms with Gasteiger partial charge in [0.25, 0.3) is 5.56 Å². The van der Waals surface area contributed by atoms with E-state index in [0.717, 1.165) is 30.1 Å². The maximum atomic E-state index is 12.4. The summed E-state index contributed by atoms with van der Waals surface area (Å²) in [4.78, 5) is 22.1. The smallest absolute Gasteiger partial charge is 0.254 e. The summed E-state index contributed by atoms with van der Waals surface area (Å²) in [6.07, 6.45) is 2.27. The van der Waals surface area contributed by atoms with Crippen LogP contribution in [-0.2, 0) is 19.5 Å². The van der Waals surface area contributed by atoms with Crippen molar-refractivity contribution in [1.82, 2.24) is 14.9 Å². The van der Waals surface area contributed by atoms with E-state index in [1.165, 1.54) is 5.56 Å². The first-order valence-electron chi connectivity index (χ1n) is 8.24. The third kappa shape index (κ3) is 3.21. The molecule has 128 valence electrons. The SMILES string of the molecule is COc1cccc(CN2CCc3c(nc(-c4ccco4)[nH]c3=O)C2)c1. The van der Waals surface area contributed by atoms with Crippen molar-refractivity contribution in [2.24, 2.45) is 0 Å². The second-order valence-electron chi connectivity index (χ2n) is 6.13. The van der Waals surface area contributed by atoms with E-state index in [1.807, 2.05) is 18.2 Å². The molecule has 25 heavy (non-hydrogen) atoms. The van der Waals surface area contributed by atoms with E-state index < -0.39 is 0 Å². The second kappa shape index (κ2) is 6.57. The molecular formula is C19H19N3O3. The van der Waals surface area contributed by atoms with Gasteiger partial charge in [0.2, 0.25) is 0 Å². The number of benzene rings is 1. The van der Waals surface area contributed by atoms with Gasteiger partial charge in [-0.3, -0.25) is 9.69 Å². The van der Waals surface area contributed by atoms with Gasteiger partial charge in [0.05, 0.1) is 19.1 Å². The molecule has 0 spiro atoms. The van der Waals surface area contributed by atoms with Crippen LogP contribution >= 0.6 is 0 Å². The number of hydrogen-bond donors (Lipinski definition) is 1. The van der Waals surface area contributed by atoms with Gasteiger partial charge in [0.15, 0.2) is 11.6 Å². The molecule has 1 N–H and O–H groups in total. The number of H-pyrrole nitrogens is 1. The molecule has 0 saturated carbocycles. The predicted octanol–water partition coefficient (Wildman–Crippen LogP) is 2.60. The zero-order chi connectivity index (χ0) is 17.2. The van der Waals surface area contributed by atoms with Crippen LogP contribution in [0.5, 0.6) is 5.75 Å². The van der Waals surface area contributed by atoms with Gasteiger partial charge in [0.1, 0.15) is 5.75 Å². The highest BCUT2D eigenvalue weighted by Gasteiger charge is 2.22. The molecule has 0 atom stereocenters. The molecule has 0 amide bonds. The Morgan fingerprint density at radius 2 is 2.24 bits per heavy atom. The summed E-state index contributed by atoms with van der Waals surface area (Å²) in [5.74, 6) is 1.91. The van der Waals surface area contributed by atoms with Crippen molar-refractivity contribution in [3.05, 3.63) is 69.8 Å². The van der Waals surface area contributed by atoms with Crippen molar-refractivity contribution >= 4 is 0 Å². The molecule has 4 rings (SSSR count). The Bertz CT molecular complexity index is 931. The Hall–Kier alpha value is -2.86. The molecule has 0 unspecified atom stereocenters. The van der Waals surface area contributed by atoms with Crippen LogP contribution in [-0.4, -0.2) is 28.5 Å². The first-order chi connectivity index (χ1) is 12.2. The van der Waals surface area contributed by atoms with Crippen LogP contribution in [0.25, 0.3) is 11.6 Å². The minimum atomic E-state index is -0.0718. The molecule has 2 aromatic heterocycles. The lowest BCUT2D eigenvalue weighted by Gasteiger charge is -2.27. The van der Waals surface area contributed by atoms with Crippen LogP contribution in [0.1, 0.15) is 16.8 Å². The Labute approximate surface area is 145 Å². The van der Waals surface area contributed by atoms with Crippen LogP contribution in [0.15, 0.2) is 51.9 Å². The third-order valence-corrected chi connectivity index (χ3v) is 4.45. The highest BCUT2D eigenvalue weighted by atomic mass is 16.5. The molecule has 6 heteroatoms. The molecule has 0 radical (unpaired) electrons. The third-order valence-electron chi connectivity index (χ3n) is 4.45. The number of furan rings is 1. The second-order valence-corrected chi connectivity index (χ2v) is 6.13. The first-order valence-corrected chi connectivity index (χ1v) is 8.24. The number of fused-ring (bicyclic) bond motifs is 1. The van der Waals surface area contributed by atoms with Gasteiger partial charge < -0.3 is 14.1 Å². The fourth-order valence-corrected chi connectivity index (χ4v) is 3.19. The molecule has 3 heterocycles. The average Bonchev–Trinajstić information content (AvgIpc) is 3.16. The Balaban J connectivity index is 1.58. The number of hydrogen-bond acceptors (Lipinski definition) is 5. The van der Waals surface area contributed by atoms with Gasteiger partial charge in [-0.1, -0.05) is 12.1 Å². The average molecular weight is 337 g/mol. The summed E-state index contributed by atoms with van der Waals surface area (Å²) in [7, 11) is 1.67. The van der Waals surface area contributed by atoms with Crippen molar-refractivity contribution < 1.29 is 9.15 Å². The summed E-state index contributed by atoms with van der Waals surface area (Å²) in [5.41, 5.74) is 2.71. The Morgan fingerprint density at radius 3 is 3.04 bits per heavy atom. The van der Waals surface area contributed by atoms with Crippen molar-refractivity contribution in [3.8, 4) is 17.3 Å². The number of methoxy groups -OCH3 is 1. The van der Waals surface area contributed by atoms with Crippen LogP contribution in [0.3, 0.4) is 0 Å². The maximum Gasteiger partial charge on any atom is 0.254 e. The summed E-state index contributed by atoms with van der Waals surface area (Å²) in [5, 5.41) is 0. The van der Waals surface area contributed by atoms with Crippen molar-refractivity contribution in [1.29, 1.82) is 0 Å². The van der Waals surface area contributed by atoms with Crippen molar-refractivity contribution in [3.63, 3.8) is 0 Å². The lowest BCUT2D eigenvalue weighted by atomic mass is 10.1. The van der Waals surface area contributed by atoms with Crippen molar-refractivity contribution in [2.75, 3.05) is 13.7 Å². The quantitative estimate of drug-likeness (QED) is 0.792. The maximum absolute atomic E-state index is 12.4. The van der Waals surface area contributed by atoms with Gasteiger partial charge in [-0.25, -0.2) is 4.98 Å². The highest BCUT2D eigenvalue weighted by Crippen LogP contribution is 2.21. The Morgan fingerprint density at radius 1 is 1.32 bits per heavy atom. The fourth-order valence-electron chi connectivity index (χ4n) is 3.19. The van der Waals surface area contributed by atoms with Gasteiger partial charge in [-0.2, -0.15) is 0 Å². The minimum absolute atomic E-state index is 0.0718. The molecule has 0 fully saturated rings. The van der Waals surface area contributed by atoms with E-state index in [9.17, 15) is 4.79 Å². The first kappa shape index (κ1) is 15.7. The summed E-state index contributed by atoms with van der Waals surface area (Å²) in [6, 6.07) is 11.6. The van der Waals surface area contributed by atoms with Crippen LogP contribution in [0.4, 0.5) is 0 Å².